The summed E-state index contributed by atoms with van der Waals surface area (Å²) in [6.45, 7) is 0. The summed E-state index contributed by atoms with van der Waals surface area (Å²) in [5.41, 5.74) is 2.73. The van der Waals surface area contributed by atoms with E-state index in [0.29, 0.717) is 11.8 Å². The van der Waals surface area contributed by atoms with Crippen LogP contribution in [-0.4, -0.2) is 5.11 Å². The van der Waals surface area contributed by atoms with Crippen LogP contribution in [0.3, 0.4) is 0 Å². The monoisotopic (exact) mass is 338 g/mol. The first-order valence-electron chi connectivity index (χ1n) is 9.22. The Morgan fingerprint density at radius 2 is 1.50 bits per heavy atom. The smallest absolute Gasteiger partial charge is 0.0958 e. The lowest BCUT2D eigenvalue weighted by atomic mass is 9.48. The van der Waals surface area contributed by atoms with Crippen LogP contribution in [0, 0.1) is 23.7 Å². The minimum absolute atomic E-state index is 0.425. The van der Waals surface area contributed by atoms with E-state index >= 15 is 0 Å². The predicted molar refractivity (Wildman–Crippen MR) is 97.8 cm³/mol. The van der Waals surface area contributed by atoms with Gasteiger partial charge in [0.2, 0.25) is 0 Å². The van der Waals surface area contributed by atoms with Crippen molar-refractivity contribution >= 4 is 11.6 Å². The van der Waals surface area contributed by atoms with Gasteiger partial charge in [0.05, 0.1) is 5.60 Å². The SMILES string of the molecule is OC1(c2ccccc2-c2cccc(Cl)c2)C2CC3CC(C2)CC1C3. The van der Waals surface area contributed by atoms with Gasteiger partial charge in [0, 0.05) is 5.02 Å². The topological polar surface area (TPSA) is 20.2 Å². The maximum absolute atomic E-state index is 11.9. The third-order valence-corrected chi connectivity index (χ3v) is 7.11. The molecule has 2 aromatic carbocycles. The van der Waals surface area contributed by atoms with Gasteiger partial charge in [-0.3, -0.25) is 0 Å². The minimum atomic E-state index is -0.660. The molecule has 4 bridgehead atoms. The van der Waals surface area contributed by atoms with Crippen LogP contribution >= 0.6 is 11.6 Å². The van der Waals surface area contributed by atoms with Gasteiger partial charge in [-0.1, -0.05) is 48.0 Å². The van der Waals surface area contributed by atoms with Gasteiger partial charge in [0.15, 0.2) is 0 Å². The molecule has 24 heavy (non-hydrogen) atoms. The molecule has 0 aliphatic heterocycles. The van der Waals surface area contributed by atoms with E-state index in [4.69, 9.17) is 11.6 Å². The molecule has 2 heteroatoms. The number of hydrogen-bond donors (Lipinski definition) is 1. The predicted octanol–water partition coefficient (Wildman–Crippen LogP) is 5.65. The molecule has 0 atom stereocenters. The molecular weight excluding hydrogens is 316 g/mol. The lowest BCUT2D eigenvalue weighted by Gasteiger charge is -2.59. The molecule has 124 valence electrons. The van der Waals surface area contributed by atoms with Gasteiger partial charge in [0.25, 0.3) is 0 Å². The fraction of sp³-hybridized carbons (Fsp3) is 0.455. The van der Waals surface area contributed by atoms with Crippen LogP contribution in [0.1, 0.15) is 37.7 Å². The van der Waals surface area contributed by atoms with Crippen molar-refractivity contribution < 1.29 is 5.11 Å². The lowest BCUT2D eigenvalue weighted by Crippen LogP contribution is -2.55. The summed E-state index contributed by atoms with van der Waals surface area (Å²) in [6.07, 6.45) is 6.21. The van der Waals surface area contributed by atoms with E-state index in [-0.39, 0.29) is 0 Å². The number of aliphatic hydroxyl groups is 1. The van der Waals surface area contributed by atoms with Crippen molar-refractivity contribution in [1.82, 2.24) is 0 Å². The van der Waals surface area contributed by atoms with E-state index in [1.54, 1.807) is 0 Å². The molecule has 0 aromatic heterocycles. The summed E-state index contributed by atoms with van der Waals surface area (Å²) in [4.78, 5) is 0. The first kappa shape index (κ1) is 15.0. The molecule has 4 aliphatic carbocycles. The van der Waals surface area contributed by atoms with Crippen molar-refractivity contribution in [2.45, 2.75) is 37.7 Å². The van der Waals surface area contributed by atoms with E-state index in [1.165, 1.54) is 32.1 Å². The molecule has 1 nitrogen and oxygen atoms in total. The fourth-order valence-electron chi connectivity index (χ4n) is 6.08. The average Bonchev–Trinajstić information content (AvgIpc) is 2.59. The zero-order valence-corrected chi connectivity index (χ0v) is 14.5. The molecule has 1 N–H and O–H groups in total. The highest BCUT2D eigenvalue weighted by Crippen LogP contribution is 2.62. The van der Waals surface area contributed by atoms with Crippen LogP contribution in [0.5, 0.6) is 0 Å². The molecule has 4 saturated carbocycles. The molecule has 2 aromatic rings. The second-order valence-electron chi connectivity index (χ2n) is 8.19. The molecular formula is C22H23ClO. The quantitative estimate of drug-likeness (QED) is 0.750. The van der Waals surface area contributed by atoms with Crippen LogP contribution in [-0.2, 0) is 5.60 Å². The van der Waals surface area contributed by atoms with E-state index in [1.807, 2.05) is 18.2 Å². The number of benzene rings is 2. The van der Waals surface area contributed by atoms with Gasteiger partial charge in [-0.05, 0) is 84.6 Å². The Kier molecular flexibility index (Phi) is 3.34. The second kappa shape index (κ2) is 5.34. The van der Waals surface area contributed by atoms with E-state index < -0.39 is 5.60 Å². The first-order chi connectivity index (χ1) is 11.6. The van der Waals surface area contributed by atoms with Gasteiger partial charge < -0.3 is 5.11 Å². The Hall–Kier alpha value is -1.31. The highest BCUT2D eigenvalue weighted by Gasteiger charge is 2.57. The molecule has 4 fully saturated rings. The lowest BCUT2D eigenvalue weighted by molar-refractivity contribution is -0.179. The van der Waals surface area contributed by atoms with Gasteiger partial charge in [-0.15, -0.1) is 0 Å². The zero-order chi connectivity index (χ0) is 16.3. The number of halogens is 1. The first-order valence-corrected chi connectivity index (χ1v) is 9.60. The molecule has 6 rings (SSSR count). The van der Waals surface area contributed by atoms with Crippen molar-refractivity contribution in [2.24, 2.45) is 23.7 Å². The summed E-state index contributed by atoms with van der Waals surface area (Å²) in [5, 5.41) is 12.7. The summed E-state index contributed by atoms with van der Waals surface area (Å²) in [5.74, 6) is 2.56. The summed E-state index contributed by atoms with van der Waals surface area (Å²) in [6, 6.07) is 16.5. The molecule has 0 amide bonds. The van der Waals surface area contributed by atoms with Crippen LogP contribution in [0.25, 0.3) is 11.1 Å². The maximum atomic E-state index is 11.9. The highest BCUT2D eigenvalue weighted by atomic mass is 35.5. The van der Waals surface area contributed by atoms with Crippen LogP contribution < -0.4 is 0 Å². The second-order valence-corrected chi connectivity index (χ2v) is 8.62. The van der Waals surface area contributed by atoms with Crippen molar-refractivity contribution in [3.8, 4) is 11.1 Å². The Balaban J connectivity index is 1.65. The third-order valence-electron chi connectivity index (χ3n) is 6.88. The van der Waals surface area contributed by atoms with Crippen molar-refractivity contribution in [1.29, 1.82) is 0 Å². The van der Waals surface area contributed by atoms with Crippen LogP contribution in [0.15, 0.2) is 48.5 Å². The molecule has 0 spiro atoms. The van der Waals surface area contributed by atoms with Crippen molar-refractivity contribution in [3.63, 3.8) is 0 Å². The van der Waals surface area contributed by atoms with Crippen LogP contribution in [0.4, 0.5) is 0 Å². The molecule has 4 aliphatic rings. The maximum Gasteiger partial charge on any atom is 0.0958 e. The molecule has 0 saturated heterocycles. The Morgan fingerprint density at radius 1 is 0.833 bits per heavy atom. The molecule has 0 radical (unpaired) electrons. The van der Waals surface area contributed by atoms with Gasteiger partial charge in [0.1, 0.15) is 0 Å². The van der Waals surface area contributed by atoms with Crippen molar-refractivity contribution in [2.75, 3.05) is 0 Å². The van der Waals surface area contributed by atoms with Crippen molar-refractivity contribution in [3.05, 3.63) is 59.1 Å². The summed E-state index contributed by atoms with van der Waals surface area (Å²) < 4.78 is 0. The van der Waals surface area contributed by atoms with Gasteiger partial charge in [-0.2, -0.15) is 0 Å². The fourth-order valence-corrected chi connectivity index (χ4v) is 6.27. The average molecular weight is 339 g/mol. The largest absolute Gasteiger partial charge is 0.385 e. The van der Waals surface area contributed by atoms with Gasteiger partial charge in [-0.25, -0.2) is 0 Å². The van der Waals surface area contributed by atoms with E-state index in [2.05, 4.69) is 30.3 Å². The Bertz CT molecular complexity index is 753. The highest BCUT2D eigenvalue weighted by molar-refractivity contribution is 6.30. The van der Waals surface area contributed by atoms with Gasteiger partial charge >= 0.3 is 0 Å². The number of rotatable bonds is 2. The Morgan fingerprint density at radius 3 is 2.17 bits per heavy atom. The standard InChI is InChI=1S/C22H23ClO/c23-19-5-3-4-16(13-19)20-6-1-2-7-21(20)22(24)17-9-14-8-15(11-17)12-18(22)10-14/h1-7,13-15,17-18,24H,8-12H2. The number of hydrogen-bond acceptors (Lipinski definition) is 1. The van der Waals surface area contributed by atoms with Crippen LogP contribution in [0.2, 0.25) is 5.02 Å². The minimum Gasteiger partial charge on any atom is -0.385 e. The summed E-state index contributed by atoms with van der Waals surface area (Å²) >= 11 is 6.23. The molecule has 0 unspecified atom stereocenters. The van der Waals surface area contributed by atoms with E-state index in [9.17, 15) is 5.11 Å². The zero-order valence-electron chi connectivity index (χ0n) is 13.8. The summed E-state index contributed by atoms with van der Waals surface area (Å²) in [7, 11) is 0. The third kappa shape index (κ3) is 2.11. The van der Waals surface area contributed by atoms with E-state index in [0.717, 1.165) is 33.5 Å². The Labute approximate surface area is 148 Å². The normalized spacial score (nSPS) is 36.9. The molecule has 0 heterocycles.